The molecule has 0 heterocycles. The van der Waals surface area contributed by atoms with Crippen LogP contribution < -0.4 is 26.4 Å². The molecule has 0 unspecified atom stereocenters. The number of nitrogens with zero attached hydrogens (tertiary/aromatic N) is 1. The van der Waals surface area contributed by atoms with Gasteiger partial charge in [0.15, 0.2) is 0 Å². The first-order chi connectivity index (χ1) is 12.5. The Kier molecular flexibility index (Phi) is 8.36. The normalized spacial score (nSPS) is 14.5. The fourth-order valence-electron chi connectivity index (χ4n) is 2.82. The summed E-state index contributed by atoms with van der Waals surface area (Å²) < 4.78 is 0.0221. The van der Waals surface area contributed by atoms with Gasteiger partial charge in [0.25, 0.3) is 0 Å². The predicted molar refractivity (Wildman–Crippen MR) is 108 cm³/mol. The summed E-state index contributed by atoms with van der Waals surface area (Å²) in [7, 11) is 2.88. The first kappa shape index (κ1) is 23.0. The second-order valence-corrected chi connectivity index (χ2v) is 7.63. The van der Waals surface area contributed by atoms with Crippen molar-refractivity contribution < 1.29 is 14.8 Å². The summed E-state index contributed by atoms with van der Waals surface area (Å²) >= 11 is 4.96. The van der Waals surface area contributed by atoms with Crippen LogP contribution in [-0.2, 0) is 9.59 Å². The van der Waals surface area contributed by atoms with Gasteiger partial charge in [-0.05, 0) is 18.3 Å². The maximum atomic E-state index is 12.9. The SMILES string of the molecule is CC[C@H](C)[C@H](Nc1c(N(C)O)c(=S)c1=O)C(=O)N[C@@H](CC(C)C)C(=O)NC. The van der Waals surface area contributed by atoms with Crippen molar-refractivity contribution in [3.05, 3.63) is 14.7 Å². The Bertz CT molecular complexity index is 740. The number of rotatable bonds is 10. The number of hydrogen-bond donors (Lipinski definition) is 4. The lowest BCUT2D eigenvalue weighted by Gasteiger charge is -2.29. The fraction of sp³-hybridized carbons (Fsp3) is 0.667. The molecule has 0 aromatic heterocycles. The largest absolute Gasteiger partial charge is 0.368 e. The lowest BCUT2D eigenvalue weighted by molar-refractivity contribution is -0.130. The highest BCUT2D eigenvalue weighted by atomic mass is 32.1. The Morgan fingerprint density at radius 1 is 1.22 bits per heavy atom. The standard InChI is InChI=1S/C18H30N4O4S/c1-7-10(4)12(21-13-14(22(6)26)16(27)15(13)23)18(25)20-11(8-9(2)3)17(24)19-5/h9-12,21,26H,7-8H2,1-6H3,(H,19,24)(H,20,25)/t10-,11-,12-/m0/s1. The van der Waals surface area contributed by atoms with E-state index in [1.165, 1.54) is 14.1 Å². The van der Waals surface area contributed by atoms with E-state index in [0.717, 1.165) is 5.06 Å². The van der Waals surface area contributed by atoms with E-state index in [1.54, 1.807) is 0 Å². The summed E-state index contributed by atoms with van der Waals surface area (Å²) in [5.74, 6) is -0.549. The molecule has 152 valence electrons. The number of carbonyl (C=O) groups is 2. The Hall–Kier alpha value is -2.00. The highest BCUT2D eigenvalue weighted by Gasteiger charge is 2.32. The van der Waals surface area contributed by atoms with E-state index >= 15 is 0 Å². The fourth-order valence-corrected chi connectivity index (χ4v) is 3.15. The Morgan fingerprint density at radius 3 is 2.26 bits per heavy atom. The Labute approximate surface area is 165 Å². The van der Waals surface area contributed by atoms with Crippen molar-refractivity contribution in [1.82, 2.24) is 10.6 Å². The molecule has 3 atom stereocenters. The van der Waals surface area contributed by atoms with E-state index in [0.29, 0.717) is 12.8 Å². The third kappa shape index (κ3) is 5.49. The number of amides is 2. The molecule has 4 N–H and O–H groups in total. The summed E-state index contributed by atoms with van der Waals surface area (Å²) in [5, 5.41) is 18.7. The maximum absolute atomic E-state index is 12.9. The van der Waals surface area contributed by atoms with Gasteiger partial charge in [-0.2, -0.15) is 0 Å². The van der Waals surface area contributed by atoms with Crippen LogP contribution in [0, 0.1) is 16.3 Å². The first-order valence-electron chi connectivity index (χ1n) is 9.09. The van der Waals surface area contributed by atoms with Gasteiger partial charge in [-0.25, -0.2) is 0 Å². The minimum Gasteiger partial charge on any atom is -0.368 e. The van der Waals surface area contributed by atoms with E-state index in [4.69, 9.17) is 12.2 Å². The summed E-state index contributed by atoms with van der Waals surface area (Å²) in [6.45, 7) is 7.74. The summed E-state index contributed by atoms with van der Waals surface area (Å²) in [6.07, 6.45) is 1.17. The zero-order valence-electron chi connectivity index (χ0n) is 16.8. The smallest absolute Gasteiger partial charge is 0.243 e. The zero-order chi connectivity index (χ0) is 20.9. The monoisotopic (exact) mass is 398 g/mol. The van der Waals surface area contributed by atoms with Crippen LogP contribution in [0.2, 0.25) is 0 Å². The second-order valence-electron chi connectivity index (χ2n) is 7.22. The van der Waals surface area contributed by atoms with Gasteiger partial charge in [0.2, 0.25) is 17.2 Å². The van der Waals surface area contributed by atoms with E-state index in [9.17, 15) is 19.6 Å². The second kappa shape index (κ2) is 9.80. The molecule has 1 aromatic rings. The average molecular weight is 399 g/mol. The average Bonchev–Trinajstić information content (AvgIpc) is 2.61. The summed E-state index contributed by atoms with van der Waals surface area (Å²) in [4.78, 5) is 37.1. The maximum Gasteiger partial charge on any atom is 0.243 e. The minimum atomic E-state index is -0.744. The van der Waals surface area contributed by atoms with Gasteiger partial charge in [-0.15, -0.1) is 0 Å². The number of hydrogen-bond acceptors (Lipinski definition) is 7. The topological polar surface area (TPSA) is 111 Å². The molecule has 0 saturated carbocycles. The van der Waals surface area contributed by atoms with Crippen LogP contribution in [-0.4, -0.2) is 43.2 Å². The molecule has 0 radical (unpaired) electrons. The summed E-state index contributed by atoms with van der Waals surface area (Å²) in [5.41, 5.74) is -0.0982. The van der Waals surface area contributed by atoms with Gasteiger partial charge < -0.3 is 16.0 Å². The van der Waals surface area contributed by atoms with Crippen LogP contribution in [0.25, 0.3) is 0 Å². The van der Waals surface area contributed by atoms with Crippen LogP contribution in [0.1, 0.15) is 40.5 Å². The van der Waals surface area contributed by atoms with Gasteiger partial charge in [0.05, 0.1) is 0 Å². The van der Waals surface area contributed by atoms with Crippen LogP contribution >= 0.6 is 12.2 Å². The van der Waals surface area contributed by atoms with Crippen molar-refractivity contribution in [3.63, 3.8) is 0 Å². The highest BCUT2D eigenvalue weighted by Crippen LogP contribution is 2.27. The van der Waals surface area contributed by atoms with Crippen molar-refractivity contribution in [2.45, 2.75) is 52.6 Å². The lowest BCUT2D eigenvalue weighted by atomic mass is 9.96. The Morgan fingerprint density at radius 2 is 1.81 bits per heavy atom. The molecule has 0 aliphatic heterocycles. The Balaban J connectivity index is 3.08. The van der Waals surface area contributed by atoms with Gasteiger partial charge in [-0.1, -0.05) is 46.3 Å². The number of anilines is 2. The van der Waals surface area contributed by atoms with E-state index in [1.807, 2.05) is 27.7 Å². The number of nitrogens with one attached hydrogen (secondary N) is 3. The van der Waals surface area contributed by atoms with Gasteiger partial charge in [0, 0.05) is 14.1 Å². The van der Waals surface area contributed by atoms with Gasteiger partial charge in [-0.3, -0.25) is 24.7 Å². The van der Waals surface area contributed by atoms with Crippen molar-refractivity contribution in [2.75, 3.05) is 24.5 Å². The molecule has 2 amide bonds. The lowest BCUT2D eigenvalue weighted by Crippen LogP contribution is -2.53. The molecule has 0 fully saturated rings. The molecule has 0 aliphatic rings. The molecular weight excluding hydrogens is 368 g/mol. The molecule has 0 bridgehead atoms. The molecule has 27 heavy (non-hydrogen) atoms. The van der Waals surface area contributed by atoms with Crippen LogP contribution in [0.5, 0.6) is 0 Å². The van der Waals surface area contributed by atoms with E-state index in [-0.39, 0.29) is 39.5 Å². The highest BCUT2D eigenvalue weighted by molar-refractivity contribution is 7.71. The molecule has 0 aliphatic carbocycles. The predicted octanol–water partition coefficient (Wildman–Crippen LogP) is 1.58. The van der Waals surface area contributed by atoms with Crippen LogP contribution in [0.4, 0.5) is 11.4 Å². The molecule has 0 saturated heterocycles. The molecule has 8 nitrogen and oxygen atoms in total. The molecule has 1 aromatic carbocycles. The molecule has 0 spiro atoms. The minimum absolute atomic E-state index is 0.0221. The van der Waals surface area contributed by atoms with Crippen molar-refractivity contribution in [1.29, 1.82) is 0 Å². The molecule has 1 rings (SSSR count). The van der Waals surface area contributed by atoms with Crippen LogP contribution in [0.15, 0.2) is 4.79 Å². The van der Waals surface area contributed by atoms with Crippen molar-refractivity contribution in [3.8, 4) is 0 Å². The third-order valence-electron chi connectivity index (χ3n) is 4.59. The van der Waals surface area contributed by atoms with Crippen LogP contribution in [0.3, 0.4) is 0 Å². The number of likely N-dealkylation sites (N-methyl/N-ethyl adjacent to an activating group) is 1. The molecule has 9 heteroatoms. The van der Waals surface area contributed by atoms with Gasteiger partial charge in [0.1, 0.15) is 28.0 Å². The van der Waals surface area contributed by atoms with E-state index < -0.39 is 17.5 Å². The summed E-state index contributed by atoms with van der Waals surface area (Å²) in [6, 6.07) is -1.41. The third-order valence-corrected chi connectivity index (χ3v) is 4.97. The number of hydroxylamine groups is 1. The molecular formula is C18H30N4O4S. The van der Waals surface area contributed by atoms with Crippen molar-refractivity contribution >= 4 is 35.4 Å². The van der Waals surface area contributed by atoms with E-state index in [2.05, 4.69) is 16.0 Å². The number of carbonyl (C=O) groups excluding carboxylic acids is 2. The first-order valence-corrected chi connectivity index (χ1v) is 9.50. The van der Waals surface area contributed by atoms with Gasteiger partial charge >= 0.3 is 0 Å². The zero-order valence-corrected chi connectivity index (χ0v) is 17.6. The van der Waals surface area contributed by atoms with Crippen molar-refractivity contribution in [2.24, 2.45) is 11.8 Å². The quantitative estimate of drug-likeness (QED) is 0.350.